The fourth-order valence-electron chi connectivity index (χ4n) is 5.00. The second-order valence-electron chi connectivity index (χ2n) is 9.66. The number of carbonyl (C=O) groups is 1. The van der Waals surface area contributed by atoms with Gasteiger partial charge in [-0.1, -0.05) is 18.6 Å². The van der Waals surface area contributed by atoms with Gasteiger partial charge in [0.25, 0.3) is 5.91 Å². The zero-order valence-electron chi connectivity index (χ0n) is 20.8. The molecule has 0 spiro atoms. The van der Waals surface area contributed by atoms with Gasteiger partial charge in [0.1, 0.15) is 17.4 Å². The summed E-state index contributed by atoms with van der Waals surface area (Å²) >= 11 is 0. The number of nitrogens with two attached hydrogens (primary N) is 1. The maximum Gasteiger partial charge on any atom is 0.257 e. The van der Waals surface area contributed by atoms with E-state index in [0.717, 1.165) is 73.9 Å². The molecule has 1 fully saturated rings. The standard InChI is InChI=1S/C26H35N7O2/c1-4-21-20-14-25-29-24(32-11-9-18(27)16-32)15-23(33(25)30-20)28-10-5-6-12-35-22-8-7-17(2)13-19(22)26(34)31(21)3/h7-8,13-15,18,21,28H,4-6,9-12,16,27H2,1-3H3/t18-,21-/m0/s1. The summed E-state index contributed by atoms with van der Waals surface area (Å²) in [6.45, 7) is 7.11. The van der Waals surface area contributed by atoms with Crippen molar-refractivity contribution < 1.29 is 9.53 Å². The first-order valence-electron chi connectivity index (χ1n) is 12.6. The molecule has 3 N–H and O–H groups in total. The molecule has 2 aliphatic rings. The lowest BCUT2D eigenvalue weighted by atomic mass is 10.1. The van der Waals surface area contributed by atoms with Crippen molar-refractivity contribution in [1.82, 2.24) is 19.5 Å². The van der Waals surface area contributed by atoms with E-state index in [1.807, 2.05) is 42.8 Å². The Morgan fingerprint density at radius 1 is 1.23 bits per heavy atom. The minimum atomic E-state index is -0.195. The number of hydrogen-bond donors (Lipinski definition) is 2. The minimum Gasteiger partial charge on any atom is -0.493 e. The van der Waals surface area contributed by atoms with Crippen LogP contribution in [-0.4, -0.2) is 64.7 Å². The third-order valence-electron chi connectivity index (χ3n) is 7.00. The van der Waals surface area contributed by atoms with Crippen LogP contribution < -0.4 is 20.7 Å². The number of benzene rings is 1. The molecule has 0 aliphatic carbocycles. The summed E-state index contributed by atoms with van der Waals surface area (Å²) < 4.78 is 7.93. The Kier molecular flexibility index (Phi) is 6.51. The summed E-state index contributed by atoms with van der Waals surface area (Å²) in [6.07, 6.45) is 3.49. The number of carbonyl (C=O) groups excluding carboxylic acids is 1. The van der Waals surface area contributed by atoms with E-state index < -0.39 is 0 Å². The zero-order chi connectivity index (χ0) is 24.5. The highest BCUT2D eigenvalue weighted by atomic mass is 16.5. The fraction of sp³-hybridized carbons (Fsp3) is 0.500. The van der Waals surface area contributed by atoms with E-state index in [1.54, 1.807) is 4.90 Å². The first-order chi connectivity index (χ1) is 16.9. The van der Waals surface area contributed by atoms with Gasteiger partial charge in [-0.3, -0.25) is 4.79 Å². The smallest absolute Gasteiger partial charge is 0.257 e. The van der Waals surface area contributed by atoms with Crippen LogP contribution in [0.15, 0.2) is 30.3 Å². The third-order valence-corrected chi connectivity index (χ3v) is 7.00. The summed E-state index contributed by atoms with van der Waals surface area (Å²) in [5, 5.41) is 8.48. The molecule has 2 bridgehead atoms. The number of nitrogens with zero attached hydrogens (tertiary/aromatic N) is 5. The molecule has 9 nitrogen and oxygen atoms in total. The Balaban J connectivity index is 1.57. The van der Waals surface area contributed by atoms with E-state index in [1.165, 1.54) is 0 Å². The Morgan fingerprint density at radius 2 is 2.09 bits per heavy atom. The molecule has 4 heterocycles. The highest BCUT2D eigenvalue weighted by Crippen LogP contribution is 2.30. The Bertz CT molecular complexity index is 1220. The summed E-state index contributed by atoms with van der Waals surface area (Å²) in [6, 6.07) is 9.84. The van der Waals surface area contributed by atoms with Gasteiger partial charge in [-0.05, 0) is 44.7 Å². The van der Waals surface area contributed by atoms with Crippen LogP contribution in [-0.2, 0) is 0 Å². The molecule has 0 unspecified atom stereocenters. The molecule has 0 saturated carbocycles. The number of anilines is 2. The molecule has 2 atom stereocenters. The van der Waals surface area contributed by atoms with E-state index >= 15 is 0 Å². The molecular weight excluding hydrogens is 442 g/mol. The molecule has 3 aromatic rings. The number of fused-ring (bicyclic) bond motifs is 2. The normalized spacial score (nSPS) is 21.4. The van der Waals surface area contributed by atoms with Gasteiger partial charge < -0.3 is 25.6 Å². The SMILES string of the molecule is CC[C@H]1c2cc3nc(N4CC[C@H](N)C4)cc(n3n2)NCCCCOc2ccc(C)cc2C(=O)N1C. The van der Waals surface area contributed by atoms with Gasteiger partial charge in [0.05, 0.1) is 23.9 Å². The minimum absolute atomic E-state index is 0.0690. The monoisotopic (exact) mass is 477 g/mol. The highest BCUT2D eigenvalue weighted by molar-refractivity contribution is 5.97. The highest BCUT2D eigenvalue weighted by Gasteiger charge is 2.28. The van der Waals surface area contributed by atoms with Crippen LogP contribution in [0.5, 0.6) is 5.75 Å². The van der Waals surface area contributed by atoms with E-state index in [-0.39, 0.29) is 18.0 Å². The molecule has 35 heavy (non-hydrogen) atoms. The molecule has 5 rings (SSSR count). The van der Waals surface area contributed by atoms with Crippen LogP contribution in [0.1, 0.15) is 60.3 Å². The first kappa shape index (κ1) is 23.4. The van der Waals surface area contributed by atoms with Crippen molar-refractivity contribution in [2.75, 3.05) is 43.5 Å². The predicted molar refractivity (Wildman–Crippen MR) is 137 cm³/mol. The van der Waals surface area contributed by atoms with Crippen molar-refractivity contribution in [3.05, 3.63) is 47.2 Å². The van der Waals surface area contributed by atoms with Crippen molar-refractivity contribution >= 4 is 23.2 Å². The quantitative estimate of drug-likeness (QED) is 0.583. The van der Waals surface area contributed by atoms with Crippen LogP contribution in [0.25, 0.3) is 5.65 Å². The molecule has 9 heteroatoms. The molecule has 2 aromatic heterocycles. The molecule has 1 saturated heterocycles. The molecule has 1 aromatic carbocycles. The van der Waals surface area contributed by atoms with Gasteiger partial charge in [-0.2, -0.15) is 9.61 Å². The average Bonchev–Trinajstić information content (AvgIpc) is 3.47. The Morgan fingerprint density at radius 3 is 2.86 bits per heavy atom. The lowest BCUT2D eigenvalue weighted by molar-refractivity contribution is 0.0718. The third kappa shape index (κ3) is 4.65. The number of amides is 1. The summed E-state index contributed by atoms with van der Waals surface area (Å²) in [5.41, 5.74) is 9.37. The second-order valence-corrected chi connectivity index (χ2v) is 9.66. The van der Waals surface area contributed by atoms with Crippen molar-refractivity contribution in [1.29, 1.82) is 0 Å². The van der Waals surface area contributed by atoms with Gasteiger partial charge >= 0.3 is 0 Å². The topological polar surface area (TPSA) is 101 Å². The molecule has 1 amide bonds. The number of nitrogens with one attached hydrogen (secondary N) is 1. The van der Waals surface area contributed by atoms with Gasteiger partial charge in [-0.15, -0.1) is 0 Å². The maximum atomic E-state index is 13.6. The van der Waals surface area contributed by atoms with Gasteiger partial charge in [0.15, 0.2) is 5.65 Å². The number of hydrogen-bond acceptors (Lipinski definition) is 7. The van der Waals surface area contributed by atoms with Crippen LogP contribution in [0.3, 0.4) is 0 Å². The summed E-state index contributed by atoms with van der Waals surface area (Å²) in [7, 11) is 1.84. The van der Waals surface area contributed by atoms with Gasteiger partial charge in [-0.25, -0.2) is 4.98 Å². The lowest BCUT2D eigenvalue weighted by Gasteiger charge is -2.27. The van der Waals surface area contributed by atoms with Crippen LogP contribution in [0.4, 0.5) is 11.6 Å². The number of rotatable bonds is 2. The first-order valence-corrected chi connectivity index (χ1v) is 12.6. The molecular formula is C26H35N7O2. The zero-order valence-corrected chi connectivity index (χ0v) is 20.8. The van der Waals surface area contributed by atoms with Gasteiger partial charge in [0.2, 0.25) is 0 Å². The second kappa shape index (κ2) is 9.73. The maximum absolute atomic E-state index is 13.6. The lowest BCUT2D eigenvalue weighted by Crippen LogP contribution is -2.31. The largest absolute Gasteiger partial charge is 0.493 e. The van der Waals surface area contributed by atoms with Crippen molar-refractivity contribution in [3.8, 4) is 5.75 Å². The number of aryl methyl sites for hydroxylation is 1. The van der Waals surface area contributed by atoms with Crippen LogP contribution in [0.2, 0.25) is 0 Å². The van der Waals surface area contributed by atoms with Crippen molar-refractivity contribution in [2.45, 2.75) is 51.6 Å². The van der Waals surface area contributed by atoms with Gasteiger partial charge in [0, 0.05) is 44.9 Å². The summed E-state index contributed by atoms with van der Waals surface area (Å²) in [4.78, 5) is 22.6. The van der Waals surface area contributed by atoms with Crippen LogP contribution in [0, 0.1) is 6.92 Å². The Labute approximate surface area is 206 Å². The van der Waals surface area contributed by atoms with Crippen LogP contribution >= 0.6 is 0 Å². The van der Waals surface area contributed by atoms with E-state index in [9.17, 15) is 4.79 Å². The van der Waals surface area contributed by atoms with Crippen molar-refractivity contribution in [2.24, 2.45) is 5.73 Å². The van der Waals surface area contributed by atoms with Crippen molar-refractivity contribution in [3.63, 3.8) is 0 Å². The van der Waals surface area contributed by atoms with E-state index in [2.05, 4.69) is 23.2 Å². The average molecular weight is 478 g/mol. The van der Waals surface area contributed by atoms with E-state index in [4.69, 9.17) is 20.6 Å². The fourth-order valence-corrected chi connectivity index (χ4v) is 5.00. The predicted octanol–water partition coefficient (Wildman–Crippen LogP) is 3.38. The molecule has 2 aliphatic heterocycles. The number of ether oxygens (including phenoxy) is 1. The Hall–Kier alpha value is -3.33. The summed E-state index contributed by atoms with van der Waals surface area (Å²) in [5.74, 6) is 2.37. The van der Waals surface area contributed by atoms with E-state index in [0.29, 0.717) is 17.9 Å². The molecule has 186 valence electrons. The molecule has 0 radical (unpaired) electrons. The number of aromatic nitrogens is 3.